The Bertz CT molecular complexity index is 811. The number of ether oxygens (including phenoxy) is 2. The number of carbonyl (C=O) groups is 2. The Balaban J connectivity index is 1.61. The van der Waals surface area contributed by atoms with Crippen LogP contribution in [0.4, 0.5) is 0 Å². The first-order valence-electron chi connectivity index (χ1n) is 9.69. The van der Waals surface area contributed by atoms with Crippen LogP contribution >= 0.6 is 0 Å². The number of aryl methyl sites for hydroxylation is 1. The van der Waals surface area contributed by atoms with Gasteiger partial charge >= 0.3 is 0 Å². The van der Waals surface area contributed by atoms with E-state index in [1.165, 1.54) is 0 Å². The van der Waals surface area contributed by atoms with E-state index in [9.17, 15) is 9.59 Å². The van der Waals surface area contributed by atoms with Gasteiger partial charge in [0.15, 0.2) is 0 Å². The molecule has 1 aromatic carbocycles. The number of benzene rings is 1. The number of nitrogens with zero attached hydrogens (tertiary/aromatic N) is 3. The summed E-state index contributed by atoms with van der Waals surface area (Å²) in [6.07, 6.45) is 4.19. The highest BCUT2D eigenvalue weighted by Crippen LogP contribution is 2.15. The number of hydrogen-bond acceptors (Lipinski definition) is 5. The van der Waals surface area contributed by atoms with Gasteiger partial charge in [-0.05, 0) is 35.7 Å². The van der Waals surface area contributed by atoms with Crippen molar-refractivity contribution in [3.8, 4) is 5.75 Å². The zero-order valence-electron chi connectivity index (χ0n) is 16.9. The van der Waals surface area contributed by atoms with Crippen LogP contribution in [-0.2, 0) is 27.3 Å². The lowest BCUT2D eigenvalue weighted by atomic mass is 10.1. The van der Waals surface area contributed by atoms with Gasteiger partial charge in [-0.1, -0.05) is 18.2 Å². The van der Waals surface area contributed by atoms with Crippen molar-refractivity contribution in [1.82, 2.24) is 14.8 Å². The molecule has 1 aliphatic rings. The van der Waals surface area contributed by atoms with Crippen molar-refractivity contribution >= 4 is 11.8 Å². The van der Waals surface area contributed by atoms with Gasteiger partial charge in [-0.25, -0.2) is 0 Å². The van der Waals surface area contributed by atoms with Crippen molar-refractivity contribution < 1.29 is 19.1 Å². The van der Waals surface area contributed by atoms with Crippen LogP contribution in [-0.4, -0.2) is 66.6 Å². The van der Waals surface area contributed by atoms with E-state index >= 15 is 0 Å². The lowest BCUT2D eigenvalue weighted by Crippen LogP contribution is -2.39. The average molecular weight is 397 g/mol. The van der Waals surface area contributed by atoms with Crippen molar-refractivity contribution in [2.24, 2.45) is 0 Å². The molecule has 7 nitrogen and oxygen atoms in total. The van der Waals surface area contributed by atoms with E-state index in [0.29, 0.717) is 32.5 Å². The molecule has 1 aliphatic heterocycles. The summed E-state index contributed by atoms with van der Waals surface area (Å²) in [5.41, 5.74) is 2.01. The summed E-state index contributed by atoms with van der Waals surface area (Å²) in [5, 5.41) is 0. The molecule has 3 rings (SSSR count). The number of rotatable bonds is 7. The summed E-state index contributed by atoms with van der Waals surface area (Å²) < 4.78 is 10.7. The summed E-state index contributed by atoms with van der Waals surface area (Å²) in [5.74, 6) is 0.667. The van der Waals surface area contributed by atoms with Gasteiger partial charge in [0.25, 0.3) is 0 Å². The van der Waals surface area contributed by atoms with Crippen molar-refractivity contribution in [1.29, 1.82) is 0 Å². The maximum Gasteiger partial charge on any atom is 0.242 e. The topological polar surface area (TPSA) is 72.0 Å². The Kier molecular flexibility index (Phi) is 7.19. The van der Waals surface area contributed by atoms with Crippen molar-refractivity contribution in [2.45, 2.75) is 25.5 Å². The molecule has 0 bridgehead atoms. The van der Waals surface area contributed by atoms with E-state index in [2.05, 4.69) is 4.98 Å². The summed E-state index contributed by atoms with van der Waals surface area (Å²) >= 11 is 0. The minimum Gasteiger partial charge on any atom is -0.497 e. The van der Waals surface area contributed by atoms with Crippen molar-refractivity contribution in [2.75, 3.05) is 33.9 Å². The molecule has 0 N–H and O–H groups in total. The molecule has 0 saturated carbocycles. The molecule has 1 fully saturated rings. The Labute approximate surface area is 171 Å². The molecule has 1 atom stereocenters. The monoisotopic (exact) mass is 397 g/mol. The third-order valence-corrected chi connectivity index (χ3v) is 5.10. The summed E-state index contributed by atoms with van der Waals surface area (Å²) in [4.78, 5) is 33.0. The Morgan fingerprint density at radius 2 is 1.93 bits per heavy atom. The normalized spacial score (nSPS) is 17.2. The van der Waals surface area contributed by atoms with Crippen LogP contribution in [0.25, 0.3) is 0 Å². The van der Waals surface area contributed by atoms with Crippen LogP contribution in [0.5, 0.6) is 5.75 Å². The van der Waals surface area contributed by atoms with Gasteiger partial charge in [-0.3, -0.25) is 14.6 Å². The Morgan fingerprint density at radius 3 is 2.59 bits per heavy atom. The number of amides is 2. The lowest BCUT2D eigenvalue weighted by molar-refractivity contribution is -0.139. The standard InChI is InChI=1S/C22H27N3O4/c1-28-19-8-5-17(6-9-19)7-10-21(26)25-15-20(29-2)14-24(22(27)16-25)13-18-4-3-11-23-12-18/h3-6,8-9,11-12,20H,7,10,13-16H2,1-2H3/t20-/m0/s1. The third-order valence-electron chi connectivity index (χ3n) is 5.10. The number of methoxy groups -OCH3 is 2. The second-order valence-corrected chi connectivity index (χ2v) is 7.12. The van der Waals surface area contributed by atoms with Gasteiger partial charge in [0.2, 0.25) is 11.8 Å². The fraction of sp³-hybridized carbons (Fsp3) is 0.409. The summed E-state index contributed by atoms with van der Waals surface area (Å²) in [6.45, 7) is 1.39. The molecule has 2 amide bonds. The molecule has 1 aromatic heterocycles. The fourth-order valence-corrected chi connectivity index (χ4v) is 3.38. The van der Waals surface area contributed by atoms with E-state index in [-0.39, 0.29) is 24.5 Å². The maximum atomic E-state index is 12.8. The first-order valence-corrected chi connectivity index (χ1v) is 9.69. The zero-order chi connectivity index (χ0) is 20.6. The van der Waals surface area contributed by atoms with E-state index in [0.717, 1.165) is 16.9 Å². The number of pyridine rings is 1. The summed E-state index contributed by atoms with van der Waals surface area (Å²) in [7, 11) is 3.24. The van der Waals surface area contributed by atoms with E-state index in [4.69, 9.17) is 9.47 Å². The molecular weight excluding hydrogens is 370 g/mol. The maximum absolute atomic E-state index is 12.8. The van der Waals surface area contributed by atoms with E-state index in [1.807, 2.05) is 36.4 Å². The Hall–Kier alpha value is -2.93. The second kappa shape index (κ2) is 10.0. The highest BCUT2D eigenvalue weighted by molar-refractivity contribution is 5.85. The summed E-state index contributed by atoms with van der Waals surface area (Å²) in [6, 6.07) is 11.4. The highest BCUT2D eigenvalue weighted by atomic mass is 16.5. The minimum absolute atomic E-state index is 0.0422. The SMILES string of the molecule is COc1ccc(CCC(=O)N2CC(=O)N(Cc3cccnc3)C[C@H](OC)C2)cc1. The largest absolute Gasteiger partial charge is 0.497 e. The predicted molar refractivity (Wildman–Crippen MR) is 108 cm³/mol. The van der Waals surface area contributed by atoms with Gasteiger partial charge < -0.3 is 19.3 Å². The lowest BCUT2D eigenvalue weighted by Gasteiger charge is -2.23. The van der Waals surface area contributed by atoms with Gasteiger partial charge in [0, 0.05) is 45.6 Å². The zero-order valence-corrected chi connectivity index (χ0v) is 16.9. The average Bonchev–Trinajstić information content (AvgIpc) is 2.92. The molecule has 0 spiro atoms. The molecule has 1 saturated heterocycles. The first kappa shape index (κ1) is 20.8. The van der Waals surface area contributed by atoms with Crippen LogP contribution in [0.2, 0.25) is 0 Å². The van der Waals surface area contributed by atoms with Crippen LogP contribution in [0.15, 0.2) is 48.8 Å². The third kappa shape index (κ3) is 5.77. The molecule has 7 heteroatoms. The molecule has 0 aliphatic carbocycles. The van der Waals surface area contributed by atoms with Crippen LogP contribution < -0.4 is 4.74 Å². The fourth-order valence-electron chi connectivity index (χ4n) is 3.38. The van der Waals surface area contributed by atoms with Gasteiger partial charge in [-0.15, -0.1) is 0 Å². The van der Waals surface area contributed by atoms with Gasteiger partial charge in [0.1, 0.15) is 5.75 Å². The molecule has 2 heterocycles. The smallest absolute Gasteiger partial charge is 0.242 e. The highest BCUT2D eigenvalue weighted by Gasteiger charge is 2.30. The van der Waals surface area contributed by atoms with Crippen molar-refractivity contribution in [3.05, 3.63) is 59.9 Å². The molecule has 29 heavy (non-hydrogen) atoms. The van der Waals surface area contributed by atoms with Crippen LogP contribution in [0, 0.1) is 0 Å². The predicted octanol–water partition coefficient (Wildman–Crippen LogP) is 1.91. The number of carbonyl (C=O) groups excluding carboxylic acids is 2. The van der Waals surface area contributed by atoms with Crippen molar-refractivity contribution in [3.63, 3.8) is 0 Å². The molecule has 0 unspecified atom stereocenters. The van der Waals surface area contributed by atoms with Crippen LogP contribution in [0.3, 0.4) is 0 Å². The van der Waals surface area contributed by atoms with E-state index < -0.39 is 0 Å². The van der Waals surface area contributed by atoms with E-state index in [1.54, 1.807) is 36.4 Å². The molecular formula is C22H27N3O4. The second-order valence-electron chi connectivity index (χ2n) is 7.12. The van der Waals surface area contributed by atoms with Crippen LogP contribution in [0.1, 0.15) is 17.5 Å². The molecule has 2 aromatic rings. The van der Waals surface area contributed by atoms with Gasteiger partial charge in [0.05, 0.1) is 19.8 Å². The number of hydrogen-bond donors (Lipinski definition) is 0. The molecule has 154 valence electrons. The number of aromatic nitrogens is 1. The van der Waals surface area contributed by atoms with Gasteiger partial charge in [-0.2, -0.15) is 0 Å². The quantitative estimate of drug-likeness (QED) is 0.714. The molecule has 0 radical (unpaired) electrons. The minimum atomic E-state index is -0.219. The Morgan fingerprint density at radius 1 is 1.14 bits per heavy atom. The first-order chi connectivity index (χ1) is 14.1.